The van der Waals surface area contributed by atoms with Crippen LogP contribution in [0, 0.1) is 8.99 Å². The first-order valence-corrected chi connectivity index (χ1v) is 6.65. The summed E-state index contributed by atoms with van der Waals surface area (Å²) in [6.45, 7) is 3.44. The van der Waals surface area contributed by atoms with E-state index in [1.54, 1.807) is 26.0 Å². The van der Waals surface area contributed by atoms with Gasteiger partial charge in [-0.1, -0.05) is 19.9 Å². The van der Waals surface area contributed by atoms with E-state index in [0.29, 0.717) is 5.56 Å². The van der Waals surface area contributed by atoms with Gasteiger partial charge in [0, 0.05) is 20.6 Å². The van der Waals surface area contributed by atoms with Crippen LogP contribution in [0.4, 0.5) is 0 Å². The highest BCUT2D eigenvalue weighted by atomic mass is 127. The molecular weight excluding hydrogens is 361 g/mol. The second-order valence-corrected chi connectivity index (χ2v) is 5.98. The van der Waals surface area contributed by atoms with E-state index in [2.05, 4.69) is 22.6 Å². The fraction of sp³-hybridized carbons (Fsp3) is 0.308. The average molecular weight is 377 g/mol. The second-order valence-electron chi connectivity index (χ2n) is 4.74. The Morgan fingerprint density at radius 3 is 2.68 bits per heavy atom. The number of phenolic OH excluding ortho intramolecular Hbond substituents is 1. The molecule has 19 heavy (non-hydrogen) atoms. The van der Waals surface area contributed by atoms with Crippen LogP contribution >= 0.6 is 22.6 Å². The van der Waals surface area contributed by atoms with Crippen LogP contribution in [0.3, 0.4) is 0 Å². The summed E-state index contributed by atoms with van der Waals surface area (Å²) in [5.74, 6) is -0.673. The van der Waals surface area contributed by atoms with Crippen LogP contribution in [-0.2, 0) is 4.79 Å². The molecule has 1 rings (SSSR count). The highest BCUT2D eigenvalue weighted by Crippen LogP contribution is 2.38. The Morgan fingerprint density at radius 2 is 2.11 bits per heavy atom. The van der Waals surface area contributed by atoms with Crippen molar-refractivity contribution in [3.8, 4) is 5.75 Å². The van der Waals surface area contributed by atoms with Crippen molar-refractivity contribution in [2.24, 2.45) is 5.41 Å². The van der Waals surface area contributed by atoms with Crippen molar-refractivity contribution in [2.45, 2.75) is 20.0 Å². The van der Waals surface area contributed by atoms with Gasteiger partial charge in [-0.25, -0.2) is 5.48 Å². The van der Waals surface area contributed by atoms with Gasteiger partial charge in [-0.2, -0.15) is 0 Å². The molecule has 0 saturated heterocycles. The summed E-state index contributed by atoms with van der Waals surface area (Å²) in [5, 5.41) is 28.5. The van der Waals surface area contributed by atoms with Gasteiger partial charge in [-0.15, -0.1) is 0 Å². The molecule has 0 saturated carbocycles. The zero-order chi connectivity index (χ0) is 14.6. The smallest absolute Gasteiger partial charge is 0.267 e. The van der Waals surface area contributed by atoms with E-state index < -0.39 is 17.4 Å². The number of amides is 1. The van der Waals surface area contributed by atoms with Gasteiger partial charge in [0.1, 0.15) is 5.75 Å². The van der Waals surface area contributed by atoms with Crippen molar-refractivity contribution in [1.29, 1.82) is 0 Å². The van der Waals surface area contributed by atoms with E-state index in [1.165, 1.54) is 17.6 Å². The molecule has 0 aliphatic carbocycles. The number of nitrogens with one attached hydrogen (secondary N) is 1. The highest BCUT2D eigenvalue weighted by molar-refractivity contribution is 14.1. The number of hydroxylamine groups is 1. The first kappa shape index (κ1) is 15.9. The van der Waals surface area contributed by atoms with Crippen LogP contribution < -0.4 is 5.48 Å². The number of carbonyl (C=O) groups excluding carboxylic acids is 1. The summed E-state index contributed by atoms with van der Waals surface area (Å²) in [6, 6.07) is 4.93. The minimum atomic E-state index is -0.982. The Bertz CT molecular complexity index is 499. The van der Waals surface area contributed by atoms with E-state index in [1.807, 2.05) is 0 Å². The maximum atomic E-state index is 11.0. The summed E-state index contributed by atoms with van der Waals surface area (Å²) >= 11 is 2.08. The van der Waals surface area contributed by atoms with Gasteiger partial charge in [-0.3, -0.25) is 10.0 Å². The molecule has 0 heterocycles. The fourth-order valence-corrected chi connectivity index (χ4v) is 2.08. The fourth-order valence-electron chi connectivity index (χ4n) is 1.56. The summed E-state index contributed by atoms with van der Waals surface area (Å²) in [5.41, 5.74) is 1.09. The third-order valence-corrected chi connectivity index (χ3v) is 3.43. The number of aliphatic hydroxyl groups is 1. The largest absolute Gasteiger partial charge is 0.508 e. The highest BCUT2D eigenvalue weighted by Gasteiger charge is 2.28. The number of aromatic hydroxyl groups is 1. The molecule has 1 atom stereocenters. The Kier molecular flexibility index (Phi) is 5.33. The first-order chi connectivity index (χ1) is 8.77. The van der Waals surface area contributed by atoms with Gasteiger partial charge in [-0.05, 0) is 40.8 Å². The maximum Gasteiger partial charge on any atom is 0.267 e. The van der Waals surface area contributed by atoms with Crippen LogP contribution in [0.5, 0.6) is 5.75 Å². The number of halogens is 1. The number of benzene rings is 1. The van der Waals surface area contributed by atoms with Gasteiger partial charge in [0.2, 0.25) is 0 Å². The molecular formula is C13H16INO4. The van der Waals surface area contributed by atoms with Crippen LogP contribution in [0.25, 0.3) is 0 Å². The van der Waals surface area contributed by atoms with E-state index in [4.69, 9.17) is 5.21 Å². The molecule has 0 fully saturated rings. The number of hydrogen-bond acceptors (Lipinski definition) is 4. The van der Waals surface area contributed by atoms with Crippen molar-refractivity contribution >= 4 is 28.5 Å². The van der Waals surface area contributed by atoms with Crippen LogP contribution in [0.15, 0.2) is 30.4 Å². The van der Waals surface area contributed by atoms with E-state index in [0.717, 1.165) is 9.65 Å². The molecule has 0 spiro atoms. The molecule has 0 radical (unpaired) electrons. The standard InChI is InChI=1S/C13H16INO4/c1-13(2,6-5-11(17)15-19)12(18)9-7-8(14)3-4-10(9)16/h3-7,12,16,18-19H,1-2H3,(H,15,17)/b6-5+/t12-/m0/s1. The molecule has 0 aliphatic heterocycles. The van der Waals surface area contributed by atoms with Crippen molar-refractivity contribution < 1.29 is 20.2 Å². The monoisotopic (exact) mass is 377 g/mol. The number of hydrogen-bond donors (Lipinski definition) is 4. The van der Waals surface area contributed by atoms with Gasteiger partial charge in [0.15, 0.2) is 0 Å². The minimum absolute atomic E-state index is 0.000927. The molecule has 0 aromatic heterocycles. The number of aliphatic hydroxyl groups excluding tert-OH is 1. The summed E-state index contributed by atoms with van der Waals surface area (Å²) in [4.78, 5) is 11.0. The van der Waals surface area contributed by atoms with E-state index in [9.17, 15) is 15.0 Å². The Labute approximate surface area is 125 Å². The van der Waals surface area contributed by atoms with Crippen molar-refractivity contribution in [3.05, 3.63) is 39.5 Å². The molecule has 1 amide bonds. The van der Waals surface area contributed by atoms with Crippen molar-refractivity contribution in [3.63, 3.8) is 0 Å². The van der Waals surface area contributed by atoms with Gasteiger partial charge < -0.3 is 10.2 Å². The zero-order valence-corrected chi connectivity index (χ0v) is 12.7. The topological polar surface area (TPSA) is 89.8 Å². The normalized spacial score (nSPS) is 13.5. The summed E-state index contributed by atoms with van der Waals surface area (Å²) in [7, 11) is 0. The van der Waals surface area contributed by atoms with Crippen LogP contribution in [0.2, 0.25) is 0 Å². The number of phenols is 1. The van der Waals surface area contributed by atoms with Crippen molar-refractivity contribution in [2.75, 3.05) is 0 Å². The number of rotatable bonds is 4. The number of carbonyl (C=O) groups is 1. The minimum Gasteiger partial charge on any atom is -0.508 e. The molecule has 6 heteroatoms. The molecule has 104 valence electrons. The third-order valence-electron chi connectivity index (χ3n) is 2.76. The lowest BCUT2D eigenvalue weighted by Crippen LogP contribution is -2.22. The average Bonchev–Trinajstić information content (AvgIpc) is 2.38. The first-order valence-electron chi connectivity index (χ1n) is 5.57. The summed E-state index contributed by atoms with van der Waals surface area (Å²) < 4.78 is 0.886. The molecule has 0 unspecified atom stereocenters. The Morgan fingerprint density at radius 1 is 1.47 bits per heavy atom. The lowest BCUT2D eigenvalue weighted by atomic mass is 9.82. The lowest BCUT2D eigenvalue weighted by Gasteiger charge is -2.28. The van der Waals surface area contributed by atoms with E-state index >= 15 is 0 Å². The van der Waals surface area contributed by atoms with Crippen molar-refractivity contribution in [1.82, 2.24) is 5.48 Å². The van der Waals surface area contributed by atoms with Crippen LogP contribution in [-0.4, -0.2) is 21.3 Å². The maximum absolute atomic E-state index is 11.0. The van der Waals surface area contributed by atoms with Gasteiger partial charge >= 0.3 is 0 Å². The predicted octanol–water partition coefficient (Wildman–Crippen LogP) is 2.12. The third kappa shape index (κ3) is 4.19. The van der Waals surface area contributed by atoms with E-state index in [-0.39, 0.29) is 5.75 Å². The van der Waals surface area contributed by atoms with Gasteiger partial charge in [0.05, 0.1) is 6.10 Å². The molecule has 0 bridgehead atoms. The molecule has 0 aliphatic rings. The predicted molar refractivity (Wildman–Crippen MR) is 78.6 cm³/mol. The lowest BCUT2D eigenvalue weighted by molar-refractivity contribution is -0.124. The molecule has 5 nitrogen and oxygen atoms in total. The SMILES string of the molecule is CC(C)(/C=C/C(=O)NO)[C@@H](O)c1cc(I)ccc1O. The quantitative estimate of drug-likeness (QED) is 0.280. The Hall–Kier alpha value is -1.12. The molecule has 1 aromatic carbocycles. The van der Waals surface area contributed by atoms with Crippen LogP contribution in [0.1, 0.15) is 25.5 Å². The molecule has 4 N–H and O–H groups in total. The summed E-state index contributed by atoms with van der Waals surface area (Å²) in [6.07, 6.45) is 1.63. The molecule has 1 aromatic rings. The second kappa shape index (κ2) is 6.36. The van der Waals surface area contributed by atoms with Gasteiger partial charge in [0.25, 0.3) is 5.91 Å². The zero-order valence-electron chi connectivity index (χ0n) is 10.6. The Balaban J connectivity index is 3.03.